The third-order valence-corrected chi connectivity index (χ3v) is 4.99. The lowest BCUT2D eigenvalue weighted by atomic mass is 10.1. The number of benzene rings is 3. The number of hydrogen-bond acceptors (Lipinski definition) is 2. The van der Waals surface area contributed by atoms with E-state index in [9.17, 15) is 4.79 Å². The molecule has 0 radical (unpaired) electrons. The van der Waals surface area contributed by atoms with Crippen LogP contribution in [0.2, 0.25) is 0 Å². The lowest BCUT2D eigenvalue weighted by molar-refractivity contribution is 0.845. The number of nitrogens with zero attached hydrogens (tertiary/aromatic N) is 2. The van der Waals surface area contributed by atoms with E-state index < -0.39 is 0 Å². The molecule has 0 aliphatic rings. The summed E-state index contributed by atoms with van der Waals surface area (Å²) < 4.78 is 2.52. The van der Waals surface area contributed by atoms with Gasteiger partial charge in [-0.25, -0.2) is 4.68 Å². The first-order chi connectivity index (χ1) is 13.6. The SMILES string of the molecule is Cc1ccccc1-n1[nH]c(-c2ccccc2)c(C=Nc2cccc(Br)c2)c1=O. The highest BCUT2D eigenvalue weighted by molar-refractivity contribution is 9.10. The summed E-state index contributed by atoms with van der Waals surface area (Å²) in [5.41, 5.74) is 4.68. The normalized spacial score (nSPS) is 11.2. The number of H-pyrrole nitrogens is 1. The molecule has 138 valence electrons. The van der Waals surface area contributed by atoms with E-state index in [1.165, 1.54) is 0 Å². The summed E-state index contributed by atoms with van der Waals surface area (Å²) in [7, 11) is 0. The fraction of sp³-hybridized carbons (Fsp3) is 0.0435. The van der Waals surface area contributed by atoms with E-state index in [-0.39, 0.29) is 5.56 Å². The Morgan fingerprint density at radius 3 is 2.46 bits per heavy atom. The second-order valence-electron chi connectivity index (χ2n) is 6.43. The molecule has 0 atom stereocenters. The van der Waals surface area contributed by atoms with Crippen LogP contribution >= 0.6 is 15.9 Å². The van der Waals surface area contributed by atoms with Crippen molar-refractivity contribution in [3.8, 4) is 16.9 Å². The van der Waals surface area contributed by atoms with E-state index in [1.54, 1.807) is 10.9 Å². The molecule has 5 heteroatoms. The first-order valence-corrected chi connectivity index (χ1v) is 9.69. The number of aliphatic imine (C=N–C) groups is 1. The summed E-state index contributed by atoms with van der Waals surface area (Å²) in [4.78, 5) is 17.8. The topological polar surface area (TPSA) is 50.1 Å². The highest BCUT2D eigenvalue weighted by Crippen LogP contribution is 2.22. The molecule has 0 spiro atoms. The van der Waals surface area contributed by atoms with Crippen LogP contribution in [0.15, 0.2) is 93.1 Å². The quantitative estimate of drug-likeness (QED) is 0.416. The minimum absolute atomic E-state index is 0.133. The molecule has 1 heterocycles. The Kier molecular flexibility index (Phi) is 5.08. The van der Waals surface area contributed by atoms with E-state index in [4.69, 9.17) is 0 Å². The summed E-state index contributed by atoms with van der Waals surface area (Å²) >= 11 is 3.45. The van der Waals surface area contributed by atoms with Gasteiger partial charge in [-0.2, -0.15) is 0 Å². The van der Waals surface area contributed by atoms with Crippen LogP contribution in [0, 0.1) is 6.92 Å². The Hall–Kier alpha value is -3.18. The van der Waals surface area contributed by atoms with Gasteiger partial charge in [0.25, 0.3) is 5.56 Å². The predicted octanol–water partition coefficient (Wildman–Crippen LogP) is 5.65. The Labute approximate surface area is 171 Å². The van der Waals surface area contributed by atoms with E-state index in [0.29, 0.717) is 5.56 Å². The smallest absolute Gasteiger partial charge is 0.280 e. The minimum Gasteiger partial charge on any atom is -0.290 e. The molecular formula is C23H18BrN3O. The Balaban J connectivity index is 1.89. The molecule has 1 N–H and O–H groups in total. The maximum absolute atomic E-state index is 13.2. The van der Waals surface area contributed by atoms with Crippen LogP contribution in [0.5, 0.6) is 0 Å². The highest BCUT2D eigenvalue weighted by atomic mass is 79.9. The standard InChI is InChI=1S/C23H18BrN3O/c1-16-8-5-6-13-21(16)27-23(28)20(15-25-19-12-7-11-18(24)14-19)22(26-27)17-9-3-2-4-10-17/h2-15,26H,1H3. The van der Waals surface area contributed by atoms with Crippen LogP contribution in [0.4, 0.5) is 5.69 Å². The molecule has 4 aromatic rings. The zero-order valence-electron chi connectivity index (χ0n) is 15.3. The molecule has 4 rings (SSSR count). The molecule has 0 aliphatic carbocycles. The Bertz CT molecular complexity index is 1210. The van der Waals surface area contributed by atoms with Crippen LogP contribution < -0.4 is 5.56 Å². The monoisotopic (exact) mass is 431 g/mol. The van der Waals surface area contributed by atoms with Crippen molar-refractivity contribution >= 4 is 27.8 Å². The van der Waals surface area contributed by atoms with Crippen LogP contribution in [0.25, 0.3) is 16.9 Å². The van der Waals surface area contributed by atoms with Gasteiger partial charge in [0, 0.05) is 16.3 Å². The lowest BCUT2D eigenvalue weighted by Crippen LogP contribution is -2.18. The van der Waals surface area contributed by atoms with Gasteiger partial charge in [0.05, 0.1) is 22.6 Å². The van der Waals surface area contributed by atoms with Crippen molar-refractivity contribution in [3.05, 3.63) is 105 Å². The van der Waals surface area contributed by atoms with E-state index in [2.05, 4.69) is 26.0 Å². The molecule has 0 saturated carbocycles. The number of aromatic amines is 1. The molecule has 0 fully saturated rings. The van der Waals surface area contributed by atoms with Gasteiger partial charge in [-0.1, -0.05) is 70.5 Å². The third kappa shape index (κ3) is 3.62. The number of aryl methyl sites for hydroxylation is 1. The lowest BCUT2D eigenvalue weighted by Gasteiger charge is -2.05. The van der Waals surface area contributed by atoms with Crippen molar-refractivity contribution in [3.63, 3.8) is 0 Å². The fourth-order valence-corrected chi connectivity index (χ4v) is 3.46. The van der Waals surface area contributed by atoms with Gasteiger partial charge in [-0.3, -0.25) is 14.9 Å². The molecule has 4 nitrogen and oxygen atoms in total. The van der Waals surface area contributed by atoms with Gasteiger partial charge in [0.1, 0.15) is 0 Å². The maximum Gasteiger partial charge on any atom is 0.280 e. The summed E-state index contributed by atoms with van der Waals surface area (Å²) in [6, 6.07) is 25.3. The number of nitrogens with one attached hydrogen (secondary N) is 1. The number of rotatable bonds is 4. The van der Waals surface area contributed by atoms with Crippen LogP contribution in [0.1, 0.15) is 11.1 Å². The molecule has 1 aromatic heterocycles. The second kappa shape index (κ2) is 7.82. The van der Waals surface area contributed by atoms with Gasteiger partial charge < -0.3 is 0 Å². The highest BCUT2D eigenvalue weighted by Gasteiger charge is 2.16. The molecule has 28 heavy (non-hydrogen) atoms. The number of aromatic nitrogens is 2. The van der Waals surface area contributed by atoms with Crippen molar-refractivity contribution in [1.82, 2.24) is 9.78 Å². The zero-order chi connectivity index (χ0) is 19.5. The summed E-state index contributed by atoms with van der Waals surface area (Å²) in [6.07, 6.45) is 1.64. The summed E-state index contributed by atoms with van der Waals surface area (Å²) in [5, 5.41) is 3.27. The van der Waals surface area contributed by atoms with Crippen LogP contribution in [-0.4, -0.2) is 16.0 Å². The Morgan fingerprint density at radius 1 is 0.964 bits per heavy atom. The third-order valence-electron chi connectivity index (χ3n) is 4.50. The zero-order valence-corrected chi connectivity index (χ0v) is 16.8. The van der Waals surface area contributed by atoms with Crippen molar-refractivity contribution < 1.29 is 0 Å². The Morgan fingerprint density at radius 2 is 1.71 bits per heavy atom. The van der Waals surface area contributed by atoms with Gasteiger partial charge in [0.2, 0.25) is 0 Å². The first kappa shape index (κ1) is 18.2. The summed E-state index contributed by atoms with van der Waals surface area (Å²) in [5.74, 6) is 0. The molecule has 0 amide bonds. The molecule has 0 aliphatic heterocycles. The van der Waals surface area contributed by atoms with Crippen molar-refractivity contribution in [1.29, 1.82) is 0 Å². The maximum atomic E-state index is 13.2. The molecular weight excluding hydrogens is 414 g/mol. The first-order valence-electron chi connectivity index (χ1n) is 8.89. The average molecular weight is 432 g/mol. The molecule has 0 bridgehead atoms. The van der Waals surface area contributed by atoms with Crippen LogP contribution in [0.3, 0.4) is 0 Å². The van der Waals surface area contributed by atoms with E-state index in [1.807, 2.05) is 85.8 Å². The number of halogens is 1. The molecule has 0 unspecified atom stereocenters. The van der Waals surface area contributed by atoms with Gasteiger partial charge in [-0.05, 0) is 36.8 Å². The average Bonchev–Trinajstić information content (AvgIpc) is 3.04. The number of para-hydroxylation sites is 1. The second-order valence-corrected chi connectivity index (χ2v) is 7.35. The number of hydrogen-bond donors (Lipinski definition) is 1. The van der Waals surface area contributed by atoms with Crippen molar-refractivity contribution in [2.75, 3.05) is 0 Å². The minimum atomic E-state index is -0.133. The van der Waals surface area contributed by atoms with E-state index in [0.717, 1.165) is 32.7 Å². The largest absolute Gasteiger partial charge is 0.290 e. The molecule has 0 saturated heterocycles. The predicted molar refractivity (Wildman–Crippen MR) is 118 cm³/mol. The van der Waals surface area contributed by atoms with Gasteiger partial charge in [-0.15, -0.1) is 0 Å². The van der Waals surface area contributed by atoms with Crippen LogP contribution in [-0.2, 0) is 0 Å². The van der Waals surface area contributed by atoms with Crippen molar-refractivity contribution in [2.45, 2.75) is 6.92 Å². The fourth-order valence-electron chi connectivity index (χ4n) is 3.07. The van der Waals surface area contributed by atoms with Gasteiger partial charge >= 0.3 is 0 Å². The van der Waals surface area contributed by atoms with Crippen molar-refractivity contribution in [2.24, 2.45) is 4.99 Å². The molecule has 3 aromatic carbocycles. The van der Waals surface area contributed by atoms with Gasteiger partial charge in [0.15, 0.2) is 0 Å². The summed E-state index contributed by atoms with van der Waals surface area (Å²) in [6.45, 7) is 1.99. The van der Waals surface area contributed by atoms with E-state index >= 15 is 0 Å².